The molecule has 3 aromatic rings. The minimum absolute atomic E-state index is 0.189. The van der Waals surface area contributed by atoms with Crippen molar-refractivity contribution < 1.29 is 23.8 Å². The topological polar surface area (TPSA) is 80.0 Å². The maximum atomic E-state index is 13.0. The Morgan fingerprint density at radius 1 is 1.13 bits per heavy atom. The van der Waals surface area contributed by atoms with Crippen LogP contribution in [0.2, 0.25) is 0 Å². The van der Waals surface area contributed by atoms with Crippen molar-refractivity contribution in [2.45, 2.75) is 6.04 Å². The van der Waals surface area contributed by atoms with E-state index in [0.29, 0.717) is 22.0 Å². The van der Waals surface area contributed by atoms with E-state index in [0.717, 1.165) is 28.0 Å². The predicted octanol–water partition coefficient (Wildman–Crippen LogP) is 4.98. The third kappa shape index (κ3) is 4.26. The Kier molecular flexibility index (Phi) is 5.92. The second kappa shape index (κ2) is 8.79. The Morgan fingerprint density at radius 3 is 2.48 bits per heavy atom. The Labute approximate surface area is 188 Å². The Hall–Kier alpha value is -3.36. The number of carboxylic acid groups (broad SMARTS) is 1. The molecule has 1 N–H and O–H groups in total. The molecule has 31 heavy (non-hydrogen) atoms. The van der Waals surface area contributed by atoms with E-state index < -0.39 is 17.9 Å². The number of carbonyl (C=O) groups excluding carboxylic acids is 1. The van der Waals surface area contributed by atoms with Crippen LogP contribution in [0.1, 0.15) is 17.4 Å². The minimum atomic E-state index is -1.19. The largest absolute Gasteiger partial charge is 0.497 e. The van der Waals surface area contributed by atoms with Gasteiger partial charge in [0.05, 0.1) is 12.0 Å². The number of thioether (sulfide) groups is 1. The number of ether oxygens (including phenoxy) is 1. The summed E-state index contributed by atoms with van der Waals surface area (Å²) in [6.07, 6.45) is 1.58. The van der Waals surface area contributed by atoms with Gasteiger partial charge in [0.2, 0.25) is 0 Å². The number of rotatable bonds is 6. The number of amides is 1. The molecular weight excluding hydrogens is 434 g/mol. The fourth-order valence-corrected chi connectivity index (χ4v) is 4.50. The van der Waals surface area contributed by atoms with Gasteiger partial charge < -0.3 is 14.3 Å². The SMILES string of the molecule is COc1ccc(-c2ccc(C=C3SC(=S)N(C(C(=O)O)c4ccccc4)C3=O)o2)cc1. The first-order valence-corrected chi connectivity index (χ1v) is 10.5. The highest BCUT2D eigenvalue weighted by atomic mass is 32.2. The van der Waals surface area contributed by atoms with E-state index in [1.807, 2.05) is 24.3 Å². The number of hydrogen-bond donors (Lipinski definition) is 1. The van der Waals surface area contributed by atoms with Crippen molar-refractivity contribution >= 4 is 46.3 Å². The first-order valence-electron chi connectivity index (χ1n) is 9.27. The molecule has 6 nitrogen and oxygen atoms in total. The second-order valence-corrected chi connectivity index (χ2v) is 8.31. The molecule has 0 aliphatic carbocycles. The maximum absolute atomic E-state index is 13.0. The minimum Gasteiger partial charge on any atom is -0.497 e. The molecule has 2 aromatic carbocycles. The highest BCUT2D eigenvalue weighted by molar-refractivity contribution is 8.26. The zero-order chi connectivity index (χ0) is 22.0. The zero-order valence-corrected chi connectivity index (χ0v) is 18.0. The summed E-state index contributed by atoms with van der Waals surface area (Å²) < 4.78 is 11.2. The average molecular weight is 452 g/mol. The first kappa shape index (κ1) is 20.9. The Balaban J connectivity index is 1.60. The quantitative estimate of drug-likeness (QED) is 0.418. The fourth-order valence-electron chi connectivity index (χ4n) is 3.21. The molecule has 1 atom stereocenters. The van der Waals surface area contributed by atoms with Gasteiger partial charge in [0.15, 0.2) is 6.04 Å². The second-order valence-electron chi connectivity index (χ2n) is 6.63. The van der Waals surface area contributed by atoms with Gasteiger partial charge in [-0.3, -0.25) is 9.69 Å². The van der Waals surface area contributed by atoms with Crippen molar-refractivity contribution in [2.24, 2.45) is 0 Å². The van der Waals surface area contributed by atoms with Gasteiger partial charge in [-0.2, -0.15) is 0 Å². The third-order valence-electron chi connectivity index (χ3n) is 4.71. The Morgan fingerprint density at radius 2 is 1.84 bits per heavy atom. The van der Waals surface area contributed by atoms with Crippen LogP contribution in [-0.2, 0) is 9.59 Å². The van der Waals surface area contributed by atoms with E-state index in [9.17, 15) is 14.7 Å². The summed E-state index contributed by atoms with van der Waals surface area (Å²) in [5, 5.41) is 9.76. The molecule has 1 unspecified atom stereocenters. The predicted molar refractivity (Wildman–Crippen MR) is 123 cm³/mol. The van der Waals surface area contributed by atoms with Gasteiger partial charge in [-0.15, -0.1) is 0 Å². The number of carboxylic acids is 1. The van der Waals surface area contributed by atoms with Crippen molar-refractivity contribution in [1.29, 1.82) is 0 Å². The van der Waals surface area contributed by atoms with Gasteiger partial charge in [-0.1, -0.05) is 54.3 Å². The summed E-state index contributed by atoms with van der Waals surface area (Å²) in [6, 6.07) is 18.3. The molecule has 2 heterocycles. The molecule has 0 saturated carbocycles. The summed E-state index contributed by atoms with van der Waals surface area (Å²) in [5.74, 6) is 0.234. The van der Waals surface area contributed by atoms with E-state index in [1.165, 1.54) is 0 Å². The third-order valence-corrected chi connectivity index (χ3v) is 6.04. The molecule has 1 fully saturated rings. The van der Waals surface area contributed by atoms with Gasteiger partial charge in [0.1, 0.15) is 21.6 Å². The van der Waals surface area contributed by atoms with Crippen LogP contribution in [0.4, 0.5) is 0 Å². The summed E-state index contributed by atoms with van der Waals surface area (Å²) in [4.78, 5) is 26.4. The number of hydrogen-bond acceptors (Lipinski definition) is 6. The lowest BCUT2D eigenvalue weighted by Gasteiger charge is -2.23. The van der Waals surface area contributed by atoms with Crippen LogP contribution in [0, 0.1) is 0 Å². The molecule has 4 rings (SSSR count). The highest BCUT2D eigenvalue weighted by Gasteiger charge is 2.41. The van der Waals surface area contributed by atoms with Crippen molar-refractivity contribution in [3.63, 3.8) is 0 Å². The summed E-state index contributed by atoms with van der Waals surface area (Å²) >= 11 is 6.39. The van der Waals surface area contributed by atoms with Crippen LogP contribution in [0.5, 0.6) is 5.75 Å². The van der Waals surface area contributed by atoms with Crippen molar-refractivity contribution in [1.82, 2.24) is 4.90 Å². The smallest absolute Gasteiger partial charge is 0.331 e. The van der Waals surface area contributed by atoms with Gasteiger partial charge in [0, 0.05) is 11.6 Å². The van der Waals surface area contributed by atoms with Crippen LogP contribution < -0.4 is 4.74 Å². The number of carbonyl (C=O) groups is 2. The molecule has 1 aromatic heterocycles. The number of furan rings is 1. The molecule has 0 radical (unpaired) electrons. The molecule has 0 bridgehead atoms. The van der Waals surface area contributed by atoms with Crippen LogP contribution >= 0.6 is 24.0 Å². The Bertz CT molecular complexity index is 1170. The van der Waals surface area contributed by atoms with Crippen molar-refractivity contribution in [3.05, 3.63) is 83.0 Å². The molecule has 1 saturated heterocycles. The van der Waals surface area contributed by atoms with Gasteiger partial charge in [-0.25, -0.2) is 4.79 Å². The van der Waals surface area contributed by atoms with E-state index in [2.05, 4.69) is 0 Å². The molecule has 156 valence electrons. The zero-order valence-electron chi connectivity index (χ0n) is 16.3. The number of benzene rings is 2. The maximum Gasteiger partial charge on any atom is 0.331 e. The van der Waals surface area contributed by atoms with Gasteiger partial charge >= 0.3 is 5.97 Å². The average Bonchev–Trinajstić information content (AvgIpc) is 3.35. The lowest BCUT2D eigenvalue weighted by Crippen LogP contribution is -2.37. The summed E-state index contributed by atoms with van der Waals surface area (Å²) in [6.45, 7) is 0. The molecule has 0 spiro atoms. The van der Waals surface area contributed by atoms with Crippen molar-refractivity contribution in [3.8, 4) is 17.1 Å². The number of methoxy groups -OCH3 is 1. The van der Waals surface area contributed by atoms with Gasteiger partial charge in [-0.05, 0) is 42.0 Å². The molecule has 1 aliphatic rings. The fraction of sp³-hybridized carbons (Fsp3) is 0.0870. The molecule has 8 heteroatoms. The van der Waals surface area contributed by atoms with E-state index >= 15 is 0 Å². The number of nitrogens with zero attached hydrogens (tertiary/aromatic N) is 1. The highest BCUT2D eigenvalue weighted by Crippen LogP contribution is 2.38. The van der Waals surface area contributed by atoms with Crippen LogP contribution in [-0.4, -0.2) is 33.3 Å². The lowest BCUT2D eigenvalue weighted by atomic mass is 10.1. The standard InChI is InChI=1S/C23H17NO5S2/c1-28-16-9-7-14(8-10-16)18-12-11-17(29-18)13-19-21(25)24(23(30)31-19)20(22(26)27)15-5-3-2-4-6-15/h2-13,20H,1H3,(H,26,27). The van der Waals surface area contributed by atoms with Crippen LogP contribution in [0.15, 0.2) is 76.1 Å². The van der Waals surface area contributed by atoms with Crippen LogP contribution in [0.3, 0.4) is 0 Å². The normalized spacial score (nSPS) is 16.0. The van der Waals surface area contributed by atoms with Crippen molar-refractivity contribution in [2.75, 3.05) is 7.11 Å². The summed E-state index contributed by atoms with van der Waals surface area (Å²) in [5.41, 5.74) is 1.34. The molecular formula is C23H17NO5S2. The van der Waals surface area contributed by atoms with E-state index in [4.69, 9.17) is 21.4 Å². The summed E-state index contributed by atoms with van der Waals surface area (Å²) in [7, 11) is 1.60. The molecule has 1 aliphatic heterocycles. The number of aliphatic carboxylic acids is 1. The molecule has 1 amide bonds. The van der Waals surface area contributed by atoms with Crippen LogP contribution in [0.25, 0.3) is 17.4 Å². The monoisotopic (exact) mass is 451 g/mol. The number of thiocarbonyl (C=S) groups is 1. The van der Waals surface area contributed by atoms with E-state index in [1.54, 1.807) is 55.7 Å². The van der Waals surface area contributed by atoms with E-state index in [-0.39, 0.29) is 4.32 Å². The van der Waals surface area contributed by atoms with Gasteiger partial charge in [0.25, 0.3) is 5.91 Å². The first-order chi connectivity index (χ1) is 15.0. The lowest BCUT2D eigenvalue weighted by molar-refractivity contribution is -0.145.